The fourth-order valence-corrected chi connectivity index (χ4v) is 2.68. The van der Waals surface area contributed by atoms with Crippen LogP contribution in [0, 0.1) is 0 Å². The quantitative estimate of drug-likeness (QED) is 0.739. The van der Waals surface area contributed by atoms with E-state index in [2.05, 4.69) is 15.5 Å². The first-order valence-electron chi connectivity index (χ1n) is 7.00. The summed E-state index contributed by atoms with van der Waals surface area (Å²) in [5.74, 6) is -0.297. The zero-order valence-corrected chi connectivity index (χ0v) is 13.2. The van der Waals surface area contributed by atoms with Gasteiger partial charge in [0, 0.05) is 12.0 Å². The molecule has 116 valence electrons. The van der Waals surface area contributed by atoms with Crippen LogP contribution >= 0.6 is 11.8 Å². The summed E-state index contributed by atoms with van der Waals surface area (Å²) < 4.78 is 1.75. The van der Waals surface area contributed by atoms with Gasteiger partial charge in [0.1, 0.15) is 11.9 Å². The van der Waals surface area contributed by atoms with Crippen LogP contribution in [0.15, 0.2) is 5.16 Å². The van der Waals surface area contributed by atoms with Crippen LogP contribution in [0.5, 0.6) is 0 Å². The number of nitrogens with one attached hydrogen (secondary N) is 1. The van der Waals surface area contributed by atoms with E-state index in [0.29, 0.717) is 11.0 Å². The fraction of sp³-hybridized carbons (Fsp3) is 0.692. The SMILES string of the molecule is CC(C)c1nnc(SCC(=O)O)n1C(C)C(=O)NC1CC1. The van der Waals surface area contributed by atoms with E-state index in [0.717, 1.165) is 24.6 Å². The summed E-state index contributed by atoms with van der Waals surface area (Å²) in [6.45, 7) is 5.73. The topological polar surface area (TPSA) is 97.1 Å². The summed E-state index contributed by atoms with van der Waals surface area (Å²) in [5.41, 5.74) is 0. The second kappa shape index (κ2) is 6.46. The molecule has 0 spiro atoms. The van der Waals surface area contributed by atoms with E-state index in [1.54, 1.807) is 11.5 Å². The van der Waals surface area contributed by atoms with Crippen LogP contribution in [0.3, 0.4) is 0 Å². The smallest absolute Gasteiger partial charge is 0.313 e. The number of carboxylic acid groups (broad SMARTS) is 1. The van der Waals surface area contributed by atoms with Crippen LogP contribution in [-0.4, -0.2) is 43.5 Å². The summed E-state index contributed by atoms with van der Waals surface area (Å²) >= 11 is 1.08. The number of amides is 1. The minimum absolute atomic E-state index is 0.0728. The van der Waals surface area contributed by atoms with Crippen molar-refractivity contribution in [2.75, 3.05) is 5.75 Å². The standard InChI is InChI=1S/C13H20N4O3S/c1-7(2)11-15-16-13(21-6-10(18)19)17(11)8(3)12(20)14-9-4-5-9/h7-9H,4-6H2,1-3H3,(H,14,20)(H,18,19). The Morgan fingerprint density at radius 2 is 2.05 bits per heavy atom. The Morgan fingerprint density at radius 3 is 2.57 bits per heavy atom. The van der Waals surface area contributed by atoms with Gasteiger partial charge in [-0.15, -0.1) is 10.2 Å². The minimum atomic E-state index is -0.921. The number of aliphatic carboxylic acids is 1. The van der Waals surface area contributed by atoms with E-state index < -0.39 is 12.0 Å². The lowest BCUT2D eigenvalue weighted by Gasteiger charge is -2.18. The Balaban J connectivity index is 2.21. The van der Waals surface area contributed by atoms with Crippen molar-refractivity contribution in [1.82, 2.24) is 20.1 Å². The lowest BCUT2D eigenvalue weighted by Crippen LogP contribution is -2.33. The predicted molar refractivity (Wildman–Crippen MR) is 78.3 cm³/mol. The Labute approximate surface area is 127 Å². The van der Waals surface area contributed by atoms with Crippen LogP contribution in [0.2, 0.25) is 0 Å². The third-order valence-electron chi connectivity index (χ3n) is 3.22. The molecular weight excluding hydrogens is 292 g/mol. The van der Waals surface area contributed by atoms with Gasteiger partial charge in [-0.2, -0.15) is 0 Å². The minimum Gasteiger partial charge on any atom is -0.481 e. The Bertz CT molecular complexity index is 540. The number of carbonyl (C=O) groups is 2. The summed E-state index contributed by atoms with van der Waals surface area (Å²) in [7, 11) is 0. The van der Waals surface area contributed by atoms with E-state index in [-0.39, 0.29) is 23.6 Å². The summed E-state index contributed by atoms with van der Waals surface area (Å²) in [6.07, 6.45) is 2.05. The van der Waals surface area contributed by atoms with Gasteiger partial charge in [0.25, 0.3) is 0 Å². The van der Waals surface area contributed by atoms with Crippen LogP contribution in [0.1, 0.15) is 51.4 Å². The molecule has 8 heteroatoms. The van der Waals surface area contributed by atoms with Gasteiger partial charge in [-0.05, 0) is 19.8 Å². The molecule has 1 aliphatic rings. The number of hydrogen-bond donors (Lipinski definition) is 2. The maximum atomic E-state index is 12.2. The highest BCUT2D eigenvalue weighted by molar-refractivity contribution is 7.99. The molecule has 1 saturated carbocycles. The van der Waals surface area contributed by atoms with E-state index in [4.69, 9.17) is 5.11 Å². The highest BCUT2D eigenvalue weighted by Gasteiger charge is 2.29. The highest BCUT2D eigenvalue weighted by Crippen LogP contribution is 2.27. The van der Waals surface area contributed by atoms with Gasteiger partial charge in [-0.1, -0.05) is 25.6 Å². The third-order valence-corrected chi connectivity index (χ3v) is 4.15. The highest BCUT2D eigenvalue weighted by atomic mass is 32.2. The molecule has 7 nitrogen and oxygen atoms in total. The van der Waals surface area contributed by atoms with Crippen molar-refractivity contribution in [1.29, 1.82) is 0 Å². The van der Waals surface area contributed by atoms with Gasteiger partial charge in [0.15, 0.2) is 5.16 Å². The molecule has 1 unspecified atom stereocenters. The average Bonchev–Trinajstić information content (AvgIpc) is 3.11. The van der Waals surface area contributed by atoms with Gasteiger partial charge in [0.2, 0.25) is 5.91 Å². The van der Waals surface area contributed by atoms with Crippen LogP contribution in [0.25, 0.3) is 0 Å². The Morgan fingerprint density at radius 1 is 1.38 bits per heavy atom. The molecule has 0 aromatic carbocycles. The predicted octanol–water partition coefficient (Wildman–Crippen LogP) is 1.42. The normalized spacial score (nSPS) is 16.0. The summed E-state index contributed by atoms with van der Waals surface area (Å²) in [4.78, 5) is 23.0. The molecule has 1 aliphatic carbocycles. The Hall–Kier alpha value is -1.57. The van der Waals surface area contributed by atoms with Crippen molar-refractivity contribution in [3.63, 3.8) is 0 Å². The third kappa shape index (κ3) is 3.96. The molecule has 1 fully saturated rings. The van der Waals surface area contributed by atoms with Gasteiger partial charge >= 0.3 is 5.97 Å². The molecule has 1 amide bonds. The van der Waals surface area contributed by atoms with Crippen molar-refractivity contribution in [2.24, 2.45) is 0 Å². The molecular formula is C13H20N4O3S. The number of carboxylic acids is 1. The number of rotatable bonds is 7. The molecule has 0 aliphatic heterocycles. The number of thioether (sulfide) groups is 1. The molecule has 2 N–H and O–H groups in total. The van der Waals surface area contributed by atoms with Crippen molar-refractivity contribution >= 4 is 23.6 Å². The number of carbonyl (C=O) groups excluding carboxylic acids is 1. The van der Waals surface area contributed by atoms with Crippen LogP contribution < -0.4 is 5.32 Å². The van der Waals surface area contributed by atoms with Gasteiger partial charge in [-0.3, -0.25) is 14.2 Å². The van der Waals surface area contributed by atoms with Crippen molar-refractivity contribution in [2.45, 2.75) is 56.8 Å². The number of hydrogen-bond acceptors (Lipinski definition) is 5. The molecule has 1 aromatic heterocycles. The molecule has 1 heterocycles. The molecule has 1 aromatic rings. The lowest BCUT2D eigenvalue weighted by atomic mass is 10.2. The second-order valence-corrected chi connectivity index (χ2v) is 6.45. The van der Waals surface area contributed by atoms with E-state index in [1.807, 2.05) is 13.8 Å². The second-order valence-electron chi connectivity index (χ2n) is 5.51. The maximum absolute atomic E-state index is 12.2. The van der Waals surface area contributed by atoms with E-state index in [9.17, 15) is 9.59 Å². The van der Waals surface area contributed by atoms with Gasteiger partial charge in [0.05, 0.1) is 5.75 Å². The van der Waals surface area contributed by atoms with Crippen molar-refractivity contribution in [3.8, 4) is 0 Å². The molecule has 0 radical (unpaired) electrons. The van der Waals surface area contributed by atoms with E-state index >= 15 is 0 Å². The van der Waals surface area contributed by atoms with Gasteiger partial charge < -0.3 is 10.4 Å². The first-order chi connectivity index (χ1) is 9.90. The van der Waals surface area contributed by atoms with Crippen LogP contribution in [0.4, 0.5) is 0 Å². The first-order valence-corrected chi connectivity index (χ1v) is 7.98. The van der Waals surface area contributed by atoms with E-state index in [1.165, 1.54) is 0 Å². The zero-order chi connectivity index (χ0) is 15.6. The average molecular weight is 312 g/mol. The molecule has 0 saturated heterocycles. The molecule has 0 bridgehead atoms. The van der Waals surface area contributed by atoms with Crippen LogP contribution in [-0.2, 0) is 9.59 Å². The molecule has 2 rings (SSSR count). The zero-order valence-electron chi connectivity index (χ0n) is 12.4. The van der Waals surface area contributed by atoms with Gasteiger partial charge in [-0.25, -0.2) is 0 Å². The largest absolute Gasteiger partial charge is 0.481 e. The first kappa shape index (κ1) is 15.8. The maximum Gasteiger partial charge on any atom is 0.313 e. The number of aromatic nitrogens is 3. The number of nitrogens with zero attached hydrogens (tertiary/aromatic N) is 3. The lowest BCUT2D eigenvalue weighted by molar-refractivity contribution is -0.134. The molecule has 1 atom stereocenters. The van der Waals surface area contributed by atoms with Crippen molar-refractivity contribution < 1.29 is 14.7 Å². The Kier molecular flexibility index (Phi) is 4.87. The summed E-state index contributed by atoms with van der Waals surface area (Å²) in [5, 5.41) is 20.4. The summed E-state index contributed by atoms with van der Waals surface area (Å²) in [6, 6.07) is -0.164. The van der Waals surface area contributed by atoms with Crippen molar-refractivity contribution in [3.05, 3.63) is 5.82 Å². The fourth-order valence-electron chi connectivity index (χ4n) is 1.94. The monoisotopic (exact) mass is 312 g/mol. The molecule has 21 heavy (non-hydrogen) atoms.